The molecule has 0 atom stereocenters. The number of nitrogens with one attached hydrogen (secondary N) is 1. The molecule has 7 heteroatoms. The number of imidazole rings is 1. The molecule has 2 heterocycles. The standard InChI is InChI=1S/C21H14N4O3/c1-12-15(10-22)19-24-17-7-2-3-8-18(17)25(19)20(26)16(12)11-23-14-6-4-5-13(9-14)21(27)28/h2-9,11,23H,1H3,(H,27,28)/b16-11-. The first-order valence-electron chi connectivity index (χ1n) is 8.45. The highest BCUT2D eigenvalue weighted by molar-refractivity contribution is 5.89. The molecule has 2 aromatic carbocycles. The molecule has 0 aliphatic heterocycles. The molecule has 0 radical (unpaired) electrons. The second-order valence-electron chi connectivity index (χ2n) is 6.26. The van der Waals surface area contributed by atoms with Crippen LogP contribution in [0.25, 0.3) is 22.9 Å². The van der Waals surface area contributed by atoms with Crippen molar-refractivity contribution in [2.75, 3.05) is 5.32 Å². The molecule has 136 valence electrons. The van der Waals surface area contributed by atoms with Gasteiger partial charge < -0.3 is 10.4 Å². The maximum Gasteiger partial charge on any atom is 0.335 e. The minimum Gasteiger partial charge on any atom is -0.478 e. The van der Waals surface area contributed by atoms with Crippen LogP contribution < -0.4 is 16.1 Å². The number of carboxylic acid groups (broad SMARTS) is 1. The molecular weight excluding hydrogens is 356 g/mol. The molecule has 2 aromatic heterocycles. The summed E-state index contributed by atoms with van der Waals surface area (Å²) in [4.78, 5) is 28.7. The number of carboxylic acids is 1. The van der Waals surface area contributed by atoms with Gasteiger partial charge in [0.2, 0.25) is 0 Å². The fourth-order valence-electron chi connectivity index (χ4n) is 3.18. The first-order chi connectivity index (χ1) is 13.5. The summed E-state index contributed by atoms with van der Waals surface area (Å²) in [6, 6.07) is 15.6. The van der Waals surface area contributed by atoms with Gasteiger partial charge in [0.15, 0.2) is 5.65 Å². The number of aromatic carboxylic acids is 1. The Morgan fingerprint density at radius 3 is 2.79 bits per heavy atom. The molecule has 2 N–H and O–H groups in total. The van der Waals surface area contributed by atoms with Gasteiger partial charge in [-0.2, -0.15) is 5.26 Å². The predicted octanol–water partition coefficient (Wildman–Crippen LogP) is 2.29. The van der Waals surface area contributed by atoms with E-state index in [9.17, 15) is 14.9 Å². The smallest absolute Gasteiger partial charge is 0.335 e. The van der Waals surface area contributed by atoms with Crippen molar-refractivity contribution in [3.63, 3.8) is 0 Å². The second kappa shape index (κ2) is 6.52. The van der Waals surface area contributed by atoms with Crippen LogP contribution in [0.5, 0.6) is 0 Å². The lowest BCUT2D eigenvalue weighted by Gasteiger charge is -2.05. The van der Waals surface area contributed by atoms with E-state index in [0.717, 1.165) is 0 Å². The second-order valence-corrected chi connectivity index (χ2v) is 6.26. The largest absolute Gasteiger partial charge is 0.478 e. The number of benzene rings is 2. The van der Waals surface area contributed by atoms with Gasteiger partial charge in [-0.25, -0.2) is 9.78 Å². The fraction of sp³-hybridized carbons (Fsp3) is 0.0476. The highest BCUT2D eigenvalue weighted by Gasteiger charge is 2.15. The van der Waals surface area contributed by atoms with E-state index in [0.29, 0.717) is 38.7 Å². The number of carbonyl (C=O) groups is 1. The third-order valence-electron chi connectivity index (χ3n) is 4.60. The van der Waals surface area contributed by atoms with E-state index >= 15 is 0 Å². The predicted molar refractivity (Wildman–Crippen MR) is 105 cm³/mol. The molecular formula is C21H14N4O3. The summed E-state index contributed by atoms with van der Waals surface area (Å²) in [5.41, 5.74) is 2.77. The highest BCUT2D eigenvalue weighted by atomic mass is 16.4. The molecule has 0 saturated heterocycles. The lowest BCUT2D eigenvalue weighted by molar-refractivity contribution is 0.0697. The van der Waals surface area contributed by atoms with Crippen molar-refractivity contribution in [3.8, 4) is 6.07 Å². The SMILES string of the molecule is Cc1c(C#N)c2nc3ccccc3n2c(=O)/c1=C\Nc1cccc(C(=O)O)c1. The Bertz CT molecular complexity index is 1410. The maximum absolute atomic E-state index is 13.1. The molecule has 0 amide bonds. The fourth-order valence-corrected chi connectivity index (χ4v) is 3.18. The zero-order valence-corrected chi connectivity index (χ0v) is 14.8. The minimum absolute atomic E-state index is 0.131. The summed E-state index contributed by atoms with van der Waals surface area (Å²) in [5.74, 6) is -1.04. The van der Waals surface area contributed by atoms with E-state index in [2.05, 4.69) is 16.4 Å². The number of pyridine rings is 1. The van der Waals surface area contributed by atoms with Crippen molar-refractivity contribution in [2.45, 2.75) is 6.92 Å². The van der Waals surface area contributed by atoms with Crippen LogP contribution in [0.15, 0.2) is 53.3 Å². The molecule has 0 saturated carbocycles. The Hall–Kier alpha value is -4.18. The number of para-hydroxylation sites is 2. The summed E-state index contributed by atoms with van der Waals surface area (Å²) in [7, 11) is 0. The topological polar surface area (TPSA) is 107 Å². The highest BCUT2D eigenvalue weighted by Crippen LogP contribution is 2.17. The molecule has 4 rings (SSSR count). The van der Waals surface area contributed by atoms with Crippen LogP contribution in [0.4, 0.5) is 5.69 Å². The van der Waals surface area contributed by atoms with E-state index in [1.807, 2.05) is 6.07 Å². The normalized spacial score (nSPS) is 11.6. The van der Waals surface area contributed by atoms with Gasteiger partial charge in [-0.1, -0.05) is 18.2 Å². The molecule has 0 spiro atoms. The zero-order valence-electron chi connectivity index (χ0n) is 14.8. The van der Waals surface area contributed by atoms with Crippen LogP contribution in [0.3, 0.4) is 0 Å². The Balaban J connectivity index is 1.97. The van der Waals surface area contributed by atoms with E-state index in [-0.39, 0.29) is 11.1 Å². The van der Waals surface area contributed by atoms with Crippen LogP contribution in [0.1, 0.15) is 21.5 Å². The van der Waals surface area contributed by atoms with Gasteiger partial charge in [0.1, 0.15) is 6.07 Å². The van der Waals surface area contributed by atoms with Gasteiger partial charge in [0.25, 0.3) is 5.56 Å². The van der Waals surface area contributed by atoms with Crippen LogP contribution in [0.2, 0.25) is 0 Å². The van der Waals surface area contributed by atoms with E-state index in [1.54, 1.807) is 37.3 Å². The van der Waals surface area contributed by atoms with Crippen LogP contribution in [0, 0.1) is 18.3 Å². The Morgan fingerprint density at radius 2 is 2.04 bits per heavy atom. The first kappa shape index (κ1) is 17.2. The number of aromatic nitrogens is 2. The van der Waals surface area contributed by atoms with Gasteiger partial charge >= 0.3 is 5.97 Å². The molecule has 7 nitrogen and oxygen atoms in total. The number of hydrogen-bond acceptors (Lipinski definition) is 5. The Morgan fingerprint density at radius 1 is 1.25 bits per heavy atom. The molecule has 0 unspecified atom stereocenters. The van der Waals surface area contributed by atoms with Crippen LogP contribution in [-0.2, 0) is 0 Å². The summed E-state index contributed by atoms with van der Waals surface area (Å²) in [5, 5.41) is 22.0. The average Bonchev–Trinajstić information content (AvgIpc) is 3.08. The van der Waals surface area contributed by atoms with E-state index in [4.69, 9.17) is 5.11 Å². The van der Waals surface area contributed by atoms with Crippen molar-refractivity contribution in [1.82, 2.24) is 9.38 Å². The number of anilines is 1. The van der Waals surface area contributed by atoms with E-state index in [1.165, 1.54) is 22.7 Å². The van der Waals surface area contributed by atoms with Gasteiger partial charge in [-0.15, -0.1) is 0 Å². The quantitative estimate of drug-likeness (QED) is 0.573. The third-order valence-corrected chi connectivity index (χ3v) is 4.60. The number of fused-ring (bicyclic) bond motifs is 3. The zero-order chi connectivity index (χ0) is 19.8. The van der Waals surface area contributed by atoms with Gasteiger partial charge in [0, 0.05) is 11.9 Å². The minimum atomic E-state index is -1.04. The number of hydrogen-bond donors (Lipinski definition) is 2. The van der Waals surface area contributed by atoms with Gasteiger partial charge in [-0.3, -0.25) is 9.20 Å². The van der Waals surface area contributed by atoms with Crippen LogP contribution >= 0.6 is 0 Å². The summed E-state index contributed by atoms with van der Waals surface area (Å²) < 4.78 is 1.43. The van der Waals surface area contributed by atoms with Gasteiger partial charge in [0.05, 0.1) is 27.4 Å². The van der Waals surface area contributed by atoms with E-state index < -0.39 is 5.97 Å². The monoisotopic (exact) mass is 370 g/mol. The molecule has 0 bridgehead atoms. The Kier molecular flexibility index (Phi) is 4.02. The Labute approximate surface area is 158 Å². The van der Waals surface area contributed by atoms with Crippen LogP contribution in [-0.4, -0.2) is 20.5 Å². The lowest BCUT2D eigenvalue weighted by atomic mass is 10.1. The molecule has 0 fully saturated rings. The van der Waals surface area contributed by atoms with Crippen molar-refractivity contribution < 1.29 is 9.90 Å². The number of rotatable bonds is 3. The summed E-state index contributed by atoms with van der Waals surface area (Å²) >= 11 is 0. The van der Waals surface area contributed by atoms with Crippen molar-refractivity contribution >= 4 is 34.5 Å². The third kappa shape index (κ3) is 2.64. The first-order valence-corrected chi connectivity index (χ1v) is 8.45. The lowest BCUT2D eigenvalue weighted by Crippen LogP contribution is -2.34. The number of nitrogens with zero attached hydrogens (tertiary/aromatic N) is 3. The summed E-state index contributed by atoms with van der Waals surface area (Å²) in [6.45, 7) is 1.69. The van der Waals surface area contributed by atoms with Crippen molar-refractivity contribution in [2.24, 2.45) is 0 Å². The molecule has 4 aromatic rings. The summed E-state index contributed by atoms with van der Waals surface area (Å²) in [6.07, 6.45) is 1.49. The maximum atomic E-state index is 13.1. The number of nitriles is 1. The molecule has 0 aliphatic carbocycles. The molecule has 0 aliphatic rings. The van der Waals surface area contributed by atoms with Crippen molar-refractivity contribution in [1.29, 1.82) is 5.26 Å². The van der Waals surface area contributed by atoms with Gasteiger partial charge in [-0.05, 0) is 42.8 Å². The van der Waals surface area contributed by atoms with Crippen molar-refractivity contribution in [3.05, 3.63) is 80.8 Å². The molecule has 28 heavy (non-hydrogen) atoms. The average molecular weight is 370 g/mol.